The Labute approximate surface area is 194 Å². The summed E-state index contributed by atoms with van der Waals surface area (Å²) in [6.07, 6.45) is 14.6. The summed E-state index contributed by atoms with van der Waals surface area (Å²) in [5.74, 6) is -1.61. The number of halogens is 5. The molecular weight excluding hydrogens is 435 g/mol. The number of hydrogen-bond acceptors (Lipinski definition) is 1. The topological polar surface area (TPSA) is 9.23 Å². The van der Waals surface area contributed by atoms with E-state index in [1.807, 2.05) is 0 Å². The summed E-state index contributed by atoms with van der Waals surface area (Å²) in [4.78, 5) is 0. The van der Waals surface area contributed by atoms with Crippen molar-refractivity contribution in [3.05, 3.63) is 41.5 Å². The van der Waals surface area contributed by atoms with Crippen LogP contribution in [0.3, 0.4) is 0 Å². The van der Waals surface area contributed by atoms with Gasteiger partial charge < -0.3 is 4.74 Å². The minimum Gasteiger partial charge on any atom is -0.399 e. The monoisotopic (exact) mass is 472 g/mol. The first kappa shape index (κ1) is 26.0. The first-order chi connectivity index (χ1) is 15.7. The Bertz CT molecular complexity index is 733. The molecule has 1 aromatic rings. The number of ether oxygens (including phenoxy) is 1. The molecule has 2 aliphatic rings. The lowest BCUT2D eigenvalue weighted by Crippen LogP contribution is -2.20. The smallest absolute Gasteiger partial charge is 0.399 e. The van der Waals surface area contributed by atoms with E-state index >= 15 is 0 Å². The number of benzene rings is 1. The van der Waals surface area contributed by atoms with Crippen LogP contribution in [0.2, 0.25) is 0 Å². The van der Waals surface area contributed by atoms with Gasteiger partial charge in [0.2, 0.25) is 5.75 Å². The molecule has 0 saturated heterocycles. The van der Waals surface area contributed by atoms with E-state index in [1.54, 1.807) is 0 Å². The molecule has 0 spiro atoms. The molecule has 0 heterocycles. The fourth-order valence-corrected chi connectivity index (χ4v) is 5.71. The summed E-state index contributed by atoms with van der Waals surface area (Å²) >= 11 is 0. The van der Waals surface area contributed by atoms with Crippen LogP contribution in [-0.2, 0) is 0 Å². The standard InChI is InChI=1S/C27H37F5O/c1-2-3-4-5-6-19-7-9-20(10-8-19)11-12-21-13-15-22(16-14-21)23-17-24(28)26(25(29)18-23)33-27(30,31)32/h3-4,17-22H,2,5-16H2,1H3/b4-3+. The molecular formula is C27H37F5O. The molecule has 1 aromatic carbocycles. The molecule has 0 bridgehead atoms. The molecule has 0 N–H and O–H groups in total. The van der Waals surface area contributed by atoms with Gasteiger partial charge in [0.15, 0.2) is 11.6 Å². The number of hydrogen-bond donors (Lipinski definition) is 0. The molecule has 2 fully saturated rings. The van der Waals surface area contributed by atoms with Crippen LogP contribution in [0.25, 0.3) is 0 Å². The van der Waals surface area contributed by atoms with Gasteiger partial charge in [0.25, 0.3) is 0 Å². The third-order valence-electron chi connectivity index (χ3n) is 7.65. The van der Waals surface area contributed by atoms with Crippen LogP contribution in [0.1, 0.15) is 102 Å². The van der Waals surface area contributed by atoms with Gasteiger partial charge in [-0.15, -0.1) is 13.2 Å². The average molecular weight is 473 g/mol. The van der Waals surface area contributed by atoms with E-state index in [0.717, 1.165) is 56.1 Å². The highest BCUT2D eigenvalue weighted by molar-refractivity contribution is 5.33. The van der Waals surface area contributed by atoms with Crippen LogP contribution in [0, 0.1) is 29.4 Å². The lowest BCUT2D eigenvalue weighted by molar-refractivity contribution is -0.276. The quantitative estimate of drug-likeness (QED) is 0.257. The van der Waals surface area contributed by atoms with Gasteiger partial charge in [-0.05, 0) is 86.3 Å². The van der Waals surface area contributed by atoms with Gasteiger partial charge in [0.1, 0.15) is 0 Å². The molecule has 0 aliphatic heterocycles. The predicted octanol–water partition coefficient (Wildman–Crippen LogP) is 9.47. The Hall–Kier alpha value is -1.59. The van der Waals surface area contributed by atoms with Crippen LogP contribution >= 0.6 is 0 Å². The van der Waals surface area contributed by atoms with Crippen molar-refractivity contribution in [1.29, 1.82) is 0 Å². The fraction of sp³-hybridized carbons (Fsp3) is 0.704. The van der Waals surface area contributed by atoms with E-state index in [2.05, 4.69) is 23.8 Å². The van der Waals surface area contributed by atoms with Crippen LogP contribution < -0.4 is 4.74 Å². The molecule has 186 valence electrons. The second-order valence-electron chi connectivity index (χ2n) is 10.0. The Morgan fingerprint density at radius 1 is 0.788 bits per heavy atom. The van der Waals surface area contributed by atoms with Gasteiger partial charge >= 0.3 is 6.36 Å². The highest BCUT2D eigenvalue weighted by atomic mass is 19.4. The summed E-state index contributed by atoms with van der Waals surface area (Å²) in [6.45, 7) is 2.17. The summed E-state index contributed by atoms with van der Waals surface area (Å²) in [6, 6.07) is 2.01. The highest BCUT2D eigenvalue weighted by Crippen LogP contribution is 2.41. The van der Waals surface area contributed by atoms with Gasteiger partial charge in [-0.3, -0.25) is 0 Å². The van der Waals surface area contributed by atoms with Gasteiger partial charge in [0.05, 0.1) is 0 Å². The molecule has 3 rings (SSSR count). The Morgan fingerprint density at radius 2 is 1.27 bits per heavy atom. The van der Waals surface area contributed by atoms with Crippen LogP contribution in [0.15, 0.2) is 24.3 Å². The zero-order valence-electron chi connectivity index (χ0n) is 19.6. The number of rotatable bonds is 9. The maximum absolute atomic E-state index is 14.1. The number of alkyl halides is 3. The highest BCUT2D eigenvalue weighted by Gasteiger charge is 2.35. The first-order valence-electron chi connectivity index (χ1n) is 12.6. The first-order valence-corrected chi connectivity index (χ1v) is 12.6. The van der Waals surface area contributed by atoms with Gasteiger partial charge in [0, 0.05) is 0 Å². The van der Waals surface area contributed by atoms with E-state index in [0.29, 0.717) is 11.5 Å². The molecule has 1 nitrogen and oxygen atoms in total. The zero-order chi connectivity index (χ0) is 23.8. The van der Waals surface area contributed by atoms with Crippen molar-refractivity contribution in [3.8, 4) is 5.75 Å². The average Bonchev–Trinajstić information content (AvgIpc) is 2.78. The fourth-order valence-electron chi connectivity index (χ4n) is 5.71. The molecule has 6 heteroatoms. The Kier molecular flexibility index (Phi) is 9.63. The number of allylic oxidation sites excluding steroid dienone is 2. The molecule has 2 aliphatic carbocycles. The van der Waals surface area contributed by atoms with E-state index in [-0.39, 0.29) is 5.92 Å². The van der Waals surface area contributed by atoms with Crippen LogP contribution in [0.4, 0.5) is 22.0 Å². The molecule has 0 radical (unpaired) electrons. The van der Waals surface area contributed by atoms with E-state index in [4.69, 9.17) is 0 Å². The molecule has 0 amide bonds. The Morgan fingerprint density at radius 3 is 1.76 bits per heavy atom. The third-order valence-corrected chi connectivity index (χ3v) is 7.65. The van der Waals surface area contributed by atoms with Crippen molar-refractivity contribution >= 4 is 0 Å². The third kappa shape index (κ3) is 8.29. The maximum Gasteiger partial charge on any atom is 0.573 e. The van der Waals surface area contributed by atoms with Crippen LogP contribution in [-0.4, -0.2) is 6.36 Å². The van der Waals surface area contributed by atoms with E-state index < -0.39 is 23.7 Å². The molecule has 0 aromatic heterocycles. The SMILES string of the molecule is CC/C=C/CCC1CCC(CCC2CCC(c3cc(F)c(OC(F)(F)F)c(F)c3)CC2)CC1. The van der Waals surface area contributed by atoms with Gasteiger partial charge in [-0.2, -0.15) is 0 Å². The minimum absolute atomic E-state index is 0.0117. The normalized spacial score (nSPS) is 26.6. The molecule has 33 heavy (non-hydrogen) atoms. The predicted molar refractivity (Wildman–Crippen MR) is 121 cm³/mol. The summed E-state index contributed by atoms with van der Waals surface area (Å²) in [5.41, 5.74) is 0.435. The molecule has 2 saturated carbocycles. The maximum atomic E-state index is 14.1. The largest absolute Gasteiger partial charge is 0.573 e. The lowest BCUT2D eigenvalue weighted by atomic mass is 9.74. The van der Waals surface area contributed by atoms with E-state index in [1.165, 1.54) is 51.4 Å². The van der Waals surface area contributed by atoms with Gasteiger partial charge in [-0.1, -0.05) is 57.6 Å². The van der Waals surface area contributed by atoms with Crippen molar-refractivity contribution in [2.45, 2.75) is 103 Å². The second kappa shape index (κ2) is 12.2. The summed E-state index contributed by atoms with van der Waals surface area (Å²) in [5, 5.41) is 0. The minimum atomic E-state index is -5.12. The van der Waals surface area contributed by atoms with Gasteiger partial charge in [-0.25, -0.2) is 8.78 Å². The van der Waals surface area contributed by atoms with E-state index in [9.17, 15) is 22.0 Å². The van der Waals surface area contributed by atoms with Crippen LogP contribution in [0.5, 0.6) is 5.75 Å². The van der Waals surface area contributed by atoms with Crippen molar-refractivity contribution in [2.24, 2.45) is 17.8 Å². The molecule has 0 unspecified atom stereocenters. The lowest BCUT2D eigenvalue weighted by Gasteiger charge is -2.32. The Balaban J connectivity index is 1.39. The van der Waals surface area contributed by atoms with Crippen molar-refractivity contribution in [2.75, 3.05) is 0 Å². The zero-order valence-corrected chi connectivity index (χ0v) is 19.6. The summed E-state index contributed by atoms with van der Waals surface area (Å²) in [7, 11) is 0. The summed E-state index contributed by atoms with van der Waals surface area (Å²) < 4.78 is 68.6. The van der Waals surface area contributed by atoms with Crippen molar-refractivity contribution < 1.29 is 26.7 Å². The van der Waals surface area contributed by atoms with Crippen molar-refractivity contribution in [3.63, 3.8) is 0 Å². The van der Waals surface area contributed by atoms with Crippen molar-refractivity contribution in [1.82, 2.24) is 0 Å². The molecule has 0 atom stereocenters. The second-order valence-corrected chi connectivity index (χ2v) is 10.0.